The van der Waals surface area contributed by atoms with Crippen molar-refractivity contribution in [3.05, 3.63) is 0 Å². The van der Waals surface area contributed by atoms with Gasteiger partial charge in [0.25, 0.3) is 0 Å². The fraction of sp³-hybridized carbons (Fsp3) is 0.857. The number of hydrogen-bond acceptors (Lipinski definition) is 5. The standard InChI is InChI=1S/C14H25NO5/c1-5-12(17)19-9-6-7-11(16)10(8-9)15-13(18)20-14(2,3)4/h9-11,16H,5-8H2,1-4H3,(H,15,18). The van der Waals surface area contributed by atoms with Gasteiger partial charge in [0, 0.05) is 12.8 Å². The molecule has 1 aliphatic carbocycles. The van der Waals surface area contributed by atoms with Crippen molar-refractivity contribution in [1.82, 2.24) is 5.32 Å². The molecule has 0 aromatic rings. The summed E-state index contributed by atoms with van der Waals surface area (Å²) in [5, 5.41) is 12.6. The molecule has 3 atom stereocenters. The molecule has 116 valence electrons. The van der Waals surface area contributed by atoms with E-state index in [4.69, 9.17) is 9.47 Å². The van der Waals surface area contributed by atoms with Crippen LogP contribution < -0.4 is 5.32 Å². The largest absolute Gasteiger partial charge is 0.462 e. The maximum absolute atomic E-state index is 11.7. The Morgan fingerprint density at radius 3 is 2.50 bits per heavy atom. The molecule has 1 rings (SSSR count). The highest BCUT2D eigenvalue weighted by atomic mass is 16.6. The van der Waals surface area contributed by atoms with E-state index in [1.54, 1.807) is 27.7 Å². The van der Waals surface area contributed by atoms with Gasteiger partial charge in [-0.2, -0.15) is 0 Å². The fourth-order valence-corrected chi connectivity index (χ4v) is 2.11. The molecule has 0 radical (unpaired) electrons. The van der Waals surface area contributed by atoms with Crippen molar-refractivity contribution in [2.24, 2.45) is 0 Å². The van der Waals surface area contributed by atoms with Crippen LogP contribution in [0.1, 0.15) is 53.4 Å². The number of alkyl carbamates (subject to hydrolysis) is 1. The van der Waals surface area contributed by atoms with Gasteiger partial charge in [0.05, 0.1) is 12.1 Å². The summed E-state index contributed by atoms with van der Waals surface area (Å²) in [5.41, 5.74) is -0.586. The Balaban J connectivity index is 2.50. The first-order chi connectivity index (χ1) is 9.21. The van der Waals surface area contributed by atoms with Crippen molar-refractivity contribution in [2.75, 3.05) is 0 Å². The minimum atomic E-state index is -0.640. The number of carbonyl (C=O) groups is 2. The fourth-order valence-electron chi connectivity index (χ4n) is 2.11. The molecule has 1 fully saturated rings. The van der Waals surface area contributed by atoms with E-state index in [-0.39, 0.29) is 12.1 Å². The summed E-state index contributed by atoms with van der Waals surface area (Å²) >= 11 is 0. The molecule has 0 bridgehead atoms. The van der Waals surface area contributed by atoms with E-state index < -0.39 is 23.8 Å². The summed E-state index contributed by atoms with van der Waals surface area (Å²) in [5.74, 6) is -0.262. The molecule has 0 spiro atoms. The molecule has 6 heteroatoms. The number of hydrogen-bond donors (Lipinski definition) is 2. The van der Waals surface area contributed by atoms with E-state index in [1.807, 2.05) is 0 Å². The van der Waals surface area contributed by atoms with Crippen molar-refractivity contribution in [1.29, 1.82) is 0 Å². The van der Waals surface area contributed by atoms with E-state index in [1.165, 1.54) is 0 Å². The molecule has 2 N–H and O–H groups in total. The first-order valence-corrected chi connectivity index (χ1v) is 7.08. The number of amides is 1. The van der Waals surface area contributed by atoms with Crippen LogP contribution in [0.5, 0.6) is 0 Å². The van der Waals surface area contributed by atoms with Gasteiger partial charge in [-0.25, -0.2) is 4.79 Å². The molecule has 3 unspecified atom stereocenters. The van der Waals surface area contributed by atoms with Gasteiger partial charge < -0.3 is 19.9 Å². The zero-order valence-corrected chi connectivity index (χ0v) is 12.6. The lowest BCUT2D eigenvalue weighted by molar-refractivity contribution is -0.151. The van der Waals surface area contributed by atoms with Gasteiger partial charge in [-0.3, -0.25) is 4.79 Å². The number of nitrogens with one attached hydrogen (secondary N) is 1. The first kappa shape index (κ1) is 16.8. The highest BCUT2D eigenvalue weighted by molar-refractivity contribution is 5.69. The minimum absolute atomic E-state index is 0.259. The molecule has 1 saturated carbocycles. The summed E-state index contributed by atoms with van der Waals surface area (Å²) in [4.78, 5) is 23.0. The van der Waals surface area contributed by atoms with Gasteiger partial charge >= 0.3 is 12.1 Å². The van der Waals surface area contributed by atoms with E-state index in [0.29, 0.717) is 25.7 Å². The van der Waals surface area contributed by atoms with E-state index in [0.717, 1.165) is 0 Å². The second-order valence-electron chi connectivity index (χ2n) is 6.10. The Morgan fingerprint density at radius 1 is 1.30 bits per heavy atom. The molecule has 1 amide bonds. The second kappa shape index (κ2) is 6.92. The van der Waals surface area contributed by atoms with Gasteiger partial charge in [0.1, 0.15) is 11.7 Å². The number of aliphatic hydroxyl groups is 1. The van der Waals surface area contributed by atoms with Crippen LogP contribution in [0.25, 0.3) is 0 Å². The van der Waals surface area contributed by atoms with Crippen molar-refractivity contribution in [2.45, 2.75) is 77.2 Å². The highest BCUT2D eigenvalue weighted by Crippen LogP contribution is 2.22. The van der Waals surface area contributed by atoms with E-state index >= 15 is 0 Å². The van der Waals surface area contributed by atoms with Gasteiger partial charge in [-0.15, -0.1) is 0 Å². The number of ether oxygens (including phenoxy) is 2. The van der Waals surface area contributed by atoms with Crippen LogP contribution >= 0.6 is 0 Å². The number of rotatable bonds is 3. The number of esters is 1. The van der Waals surface area contributed by atoms with Crippen molar-refractivity contribution in [3.8, 4) is 0 Å². The summed E-state index contributed by atoms with van der Waals surface area (Å²) in [6, 6.07) is -0.451. The minimum Gasteiger partial charge on any atom is -0.462 e. The smallest absolute Gasteiger partial charge is 0.407 e. The maximum atomic E-state index is 11.7. The van der Waals surface area contributed by atoms with Crippen LogP contribution in [0.15, 0.2) is 0 Å². The summed E-state index contributed by atoms with van der Waals surface area (Å²) in [6.45, 7) is 7.05. The average molecular weight is 287 g/mol. The monoisotopic (exact) mass is 287 g/mol. The van der Waals surface area contributed by atoms with E-state index in [9.17, 15) is 14.7 Å². The van der Waals surface area contributed by atoms with Crippen LogP contribution in [0.4, 0.5) is 4.79 Å². The zero-order chi connectivity index (χ0) is 15.3. The van der Waals surface area contributed by atoms with Crippen LogP contribution in [0.2, 0.25) is 0 Å². The highest BCUT2D eigenvalue weighted by Gasteiger charge is 2.33. The third-order valence-corrected chi connectivity index (χ3v) is 3.05. The molecule has 20 heavy (non-hydrogen) atoms. The Bertz CT molecular complexity index is 350. The molecule has 1 aliphatic rings. The van der Waals surface area contributed by atoms with Gasteiger partial charge in [0.15, 0.2) is 0 Å². The third kappa shape index (κ3) is 5.77. The normalized spacial score (nSPS) is 26.8. The molecule has 0 aromatic heterocycles. The first-order valence-electron chi connectivity index (χ1n) is 7.08. The Hall–Kier alpha value is -1.30. The molecular formula is C14H25NO5. The van der Waals surface area contributed by atoms with Crippen molar-refractivity contribution < 1.29 is 24.2 Å². The van der Waals surface area contributed by atoms with E-state index in [2.05, 4.69) is 5.32 Å². The number of carbonyl (C=O) groups excluding carboxylic acids is 2. The number of aliphatic hydroxyl groups excluding tert-OH is 1. The molecule has 0 aromatic carbocycles. The quantitative estimate of drug-likeness (QED) is 0.772. The SMILES string of the molecule is CCC(=O)OC1CCC(O)C(NC(=O)OC(C)(C)C)C1. The summed E-state index contributed by atoms with van der Waals surface area (Å²) < 4.78 is 10.4. The van der Waals surface area contributed by atoms with Gasteiger partial charge in [0.2, 0.25) is 0 Å². The third-order valence-electron chi connectivity index (χ3n) is 3.05. The maximum Gasteiger partial charge on any atom is 0.407 e. The molecule has 0 heterocycles. The molecular weight excluding hydrogens is 262 g/mol. The lowest BCUT2D eigenvalue weighted by Gasteiger charge is -2.33. The van der Waals surface area contributed by atoms with Gasteiger partial charge in [-0.1, -0.05) is 6.92 Å². The van der Waals surface area contributed by atoms with Crippen molar-refractivity contribution >= 4 is 12.1 Å². The van der Waals surface area contributed by atoms with Crippen LogP contribution in [-0.2, 0) is 14.3 Å². The average Bonchev–Trinajstić information content (AvgIpc) is 2.30. The van der Waals surface area contributed by atoms with Crippen LogP contribution in [0, 0.1) is 0 Å². The Morgan fingerprint density at radius 2 is 1.95 bits per heavy atom. The molecule has 0 saturated heterocycles. The Labute approximate surface area is 119 Å². The lowest BCUT2D eigenvalue weighted by atomic mass is 9.90. The predicted molar refractivity (Wildman–Crippen MR) is 73.2 cm³/mol. The zero-order valence-electron chi connectivity index (χ0n) is 12.6. The van der Waals surface area contributed by atoms with Crippen LogP contribution in [-0.4, -0.2) is 41.0 Å². The molecule has 0 aliphatic heterocycles. The van der Waals surface area contributed by atoms with Crippen molar-refractivity contribution in [3.63, 3.8) is 0 Å². The topological polar surface area (TPSA) is 84.9 Å². The summed E-state index contributed by atoms with van der Waals surface area (Å²) in [7, 11) is 0. The molecule has 6 nitrogen and oxygen atoms in total. The second-order valence-corrected chi connectivity index (χ2v) is 6.10. The van der Waals surface area contributed by atoms with Gasteiger partial charge in [-0.05, 0) is 33.6 Å². The summed E-state index contributed by atoms with van der Waals surface area (Å²) in [6.07, 6.45) is 0.366. The van der Waals surface area contributed by atoms with Crippen LogP contribution in [0.3, 0.4) is 0 Å². The Kier molecular flexibility index (Phi) is 5.80. The predicted octanol–water partition coefficient (Wildman–Crippen LogP) is 1.75. The lowest BCUT2D eigenvalue weighted by Crippen LogP contribution is -2.50.